The van der Waals surface area contributed by atoms with Crippen molar-refractivity contribution in [3.8, 4) is 0 Å². The molecule has 0 aromatic carbocycles. The predicted molar refractivity (Wildman–Crippen MR) is 65.9 cm³/mol. The van der Waals surface area contributed by atoms with E-state index in [9.17, 15) is 4.79 Å². The number of likely N-dealkylation sites (N-methyl/N-ethyl adjacent to an activating group) is 2. The normalized spacial score (nSPS) is 30.5. The number of rotatable bonds is 3. The van der Waals surface area contributed by atoms with Crippen LogP contribution in [0.25, 0.3) is 0 Å². The number of morpholine rings is 1. The standard InChI is InChI=1S/C12H23N3O2/c1-14-5-3-10(9-14)15(2)12(16)7-11-8-13-4-6-17-11/h10-11,13H,3-9H2,1-2H3. The molecular formula is C12H23N3O2. The minimum atomic E-state index is 0.0535. The van der Waals surface area contributed by atoms with Gasteiger partial charge in [0.2, 0.25) is 5.91 Å². The van der Waals surface area contributed by atoms with Gasteiger partial charge in [0.15, 0.2) is 0 Å². The smallest absolute Gasteiger partial charge is 0.225 e. The molecule has 2 rings (SSSR count). The molecule has 1 N–H and O–H groups in total. The average molecular weight is 241 g/mol. The van der Waals surface area contributed by atoms with Crippen LogP contribution >= 0.6 is 0 Å². The summed E-state index contributed by atoms with van der Waals surface area (Å²) in [6.45, 7) is 4.49. The molecule has 0 bridgehead atoms. The second-order valence-electron chi connectivity index (χ2n) is 5.11. The lowest BCUT2D eigenvalue weighted by molar-refractivity contribution is -0.135. The molecule has 0 radical (unpaired) electrons. The van der Waals surface area contributed by atoms with E-state index in [1.807, 2.05) is 11.9 Å². The van der Waals surface area contributed by atoms with Gasteiger partial charge in [-0.2, -0.15) is 0 Å². The Hall–Kier alpha value is -0.650. The lowest BCUT2D eigenvalue weighted by Crippen LogP contribution is -2.44. The quantitative estimate of drug-likeness (QED) is 0.725. The summed E-state index contributed by atoms with van der Waals surface area (Å²) in [6.07, 6.45) is 1.64. The monoisotopic (exact) mass is 241 g/mol. The van der Waals surface area contributed by atoms with Gasteiger partial charge in [-0.1, -0.05) is 0 Å². The molecule has 0 aromatic rings. The van der Waals surface area contributed by atoms with Crippen LogP contribution in [0.4, 0.5) is 0 Å². The van der Waals surface area contributed by atoms with Crippen molar-refractivity contribution in [3.05, 3.63) is 0 Å². The average Bonchev–Trinajstić information content (AvgIpc) is 2.76. The van der Waals surface area contributed by atoms with Crippen LogP contribution in [0.1, 0.15) is 12.8 Å². The molecule has 2 unspecified atom stereocenters. The molecule has 0 aliphatic carbocycles. The fraction of sp³-hybridized carbons (Fsp3) is 0.917. The second kappa shape index (κ2) is 5.80. The second-order valence-corrected chi connectivity index (χ2v) is 5.11. The van der Waals surface area contributed by atoms with E-state index in [0.29, 0.717) is 19.1 Å². The molecule has 2 aliphatic heterocycles. The zero-order chi connectivity index (χ0) is 12.3. The van der Waals surface area contributed by atoms with Gasteiger partial charge in [-0.15, -0.1) is 0 Å². The first-order valence-electron chi connectivity index (χ1n) is 6.43. The maximum absolute atomic E-state index is 12.1. The number of hydrogen-bond acceptors (Lipinski definition) is 4. The first-order valence-corrected chi connectivity index (χ1v) is 6.43. The van der Waals surface area contributed by atoms with E-state index in [4.69, 9.17) is 4.74 Å². The summed E-state index contributed by atoms with van der Waals surface area (Å²) >= 11 is 0. The number of hydrogen-bond donors (Lipinski definition) is 1. The third kappa shape index (κ3) is 3.40. The SMILES string of the molecule is CN1CCC(N(C)C(=O)CC2CNCCO2)C1. The van der Waals surface area contributed by atoms with Crippen molar-refractivity contribution >= 4 is 5.91 Å². The molecule has 0 aromatic heterocycles. The molecule has 17 heavy (non-hydrogen) atoms. The fourth-order valence-electron chi connectivity index (χ4n) is 2.52. The van der Waals surface area contributed by atoms with Gasteiger partial charge >= 0.3 is 0 Å². The molecule has 5 heteroatoms. The number of amides is 1. The van der Waals surface area contributed by atoms with E-state index in [1.165, 1.54) is 0 Å². The Kier molecular flexibility index (Phi) is 4.36. The molecule has 2 atom stereocenters. The number of nitrogens with one attached hydrogen (secondary N) is 1. The number of ether oxygens (including phenoxy) is 1. The van der Waals surface area contributed by atoms with Crippen LogP contribution in [-0.4, -0.2) is 74.7 Å². The highest BCUT2D eigenvalue weighted by Crippen LogP contribution is 2.14. The highest BCUT2D eigenvalue weighted by atomic mass is 16.5. The van der Waals surface area contributed by atoms with E-state index in [2.05, 4.69) is 17.3 Å². The molecule has 5 nitrogen and oxygen atoms in total. The van der Waals surface area contributed by atoms with Crippen LogP contribution in [0.2, 0.25) is 0 Å². The van der Waals surface area contributed by atoms with Crippen molar-refractivity contribution in [1.29, 1.82) is 0 Å². The summed E-state index contributed by atoms with van der Waals surface area (Å²) < 4.78 is 5.56. The van der Waals surface area contributed by atoms with Gasteiger partial charge < -0.3 is 19.9 Å². The van der Waals surface area contributed by atoms with Gasteiger partial charge in [0.25, 0.3) is 0 Å². The summed E-state index contributed by atoms with van der Waals surface area (Å²) in [6, 6.07) is 0.379. The molecule has 2 saturated heterocycles. The Balaban J connectivity index is 1.78. The Morgan fingerprint density at radius 1 is 1.59 bits per heavy atom. The van der Waals surface area contributed by atoms with Crippen LogP contribution in [0.5, 0.6) is 0 Å². The van der Waals surface area contributed by atoms with Gasteiger partial charge in [0, 0.05) is 32.7 Å². The Bertz CT molecular complexity index is 266. The molecule has 2 fully saturated rings. The lowest BCUT2D eigenvalue weighted by Gasteiger charge is -2.28. The van der Waals surface area contributed by atoms with E-state index in [-0.39, 0.29) is 12.0 Å². The molecule has 2 aliphatic rings. The summed E-state index contributed by atoms with van der Waals surface area (Å²) in [5.74, 6) is 0.207. The Morgan fingerprint density at radius 2 is 2.41 bits per heavy atom. The molecule has 1 amide bonds. The maximum Gasteiger partial charge on any atom is 0.225 e. The van der Waals surface area contributed by atoms with Crippen LogP contribution in [0, 0.1) is 0 Å². The van der Waals surface area contributed by atoms with Crippen LogP contribution in [0.15, 0.2) is 0 Å². The van der Waals surface area contributed by atoms with Gasteiger partial charge in [-0.05, 0) is 20.0 Å². The van der Waals surface area contributed by atoms with Gasteiger partial charge in [0.05, 0.1) is 19.1 Å². The van der Waals surface area contributed by atoms with Gasteiger partial charge in [-0.25, -0.2) is 0 Å². The largest absolute Gasteiger partial charge is 0.375 e. The lowest BCUT2D eigenvalue weighted by atomic mass is 10.1. The van der Waals surface area contributed by atoms with Crippen molar-refractivity contribution in [2.75, 3.05) is 46.9 Å². The number of likely N-dealkylation sites (tertiary alicyclic amines) is 1. The minimum absolute atomic E-state index is 0.0535. The molecular weight excluding hydrogens is 218 g/mol. The van der Waals surface area contributed by atoms with Crippen LogP contribution < -0.4 is 5.32 Å². The Morgan fingerprint density at radius 3 is 3.00 bits per heavy atom. The molecule has 0 saturated carbocycles. The number of nitrogens with zero attached hydrogens (tertiary/aromatic N) is 2. The van der Waals surface area contributed by atoms with Crippen molar-refractivity contribution in [1.82, 2.24) is 15.1 Å². The summed E-state index contributed by atoms with van der Waals surface area (Å²) in [7, 11) is 4.02. The first-order chi connectivity index (χ1) is 8.16. The maximum atomic E-state index is 12.1. The first kappa shape index (κ1) is 12.8. The Labute approximate surface area is 103 Å². The van der Waals surface area contributed by atoms with E-state index >= 15 is 0 Å². The zero-order valence-electron chi connectivity index (χ0n) is 10.8. The van der Waals surface area contributed by atoms with E-state index in [0.717, 1.165) is 32.6 Å². The van der Waals surface area contributed by atoms with Crippen molar-refractivity contribution in [3.63, 3.8) is 0 Å². The molecule has 2 heterocycles. The highest BCUT2D eigenvalue weighted by Gasteiger charge is 2.28. The fourth-order valence-corrected chi connectivity index (χ4v) is 2.52. The van der Waals surface area contributed by atoms with Gasteiger partial charge in [-0.3, -0.25) is 4.79 Å². The topological polar surface area (TPSA) is 44.8 Å². The van der Waals surface area contributed by atoms with Crippen LogP contribution in [0.3, 0.4) is 0 Å². The molecule has 0 spiro atoms. The number of carbonyl (C=O) groups is 1. The van der Waals surface area contributed by atoms with Crippen molar-refractivity contribution in [2.24, 2.45) is 0 Å². The van der Waals surface area contributed by atoms with E-state index in [1.54, 1.807) is 0 Å². The predicted octanol–water partition coefficient (Wildman–Crippen LogP) is -0.473. The third-order valence-corrected chi connectivity index (χ3v) is 3.71. The summed E-state index contributed by atoms with van der Waals surface area (Å²) in [5.41, 5.74) is 0. The highest BCUT2D eigenvalue weighted by molar-refractivity contribution is 5.76. The van der Waals surface area contributed by atoms with E-state index < -0.39 is 0 Å². The van der Waals surface area contributed by atoms with Crippen molar-refractivity contribution in [2.45, 2.75) is 25.0 Å². The summed E-state index contributed by atoms with van der Waals surface area (Å²) in [4.78, 5) is 16.3. The summed E-state index contributed by atoms with van der Waals surface area (Å²) in [5, 5.41) is 3.25. The van der Waals surface area contributed by atoms with Gasteiger partial charge in [0.1, 0.15) is 0 Å². The van der Waals surface area contributed by atoms with Crippen molar-refractivity contribution < 1.29 is 9.53 Å². The van der Waals surface area contributed by atoms with Crippen LogP contribution in [-0.2, 0) is 9.53 Å². The third-order valence-electron chi connectivity index (χ3n) is 3.71. The zero-order valence-corrected chi connectivity index (χ0v) is 10.8. The number of carbonyl (C=O) groups excluding carboxylic acids is 1. The minimum Gasteiger partial charge on any atom is -0.375 e. The molecule has 98 valence electrons.